The molecular formula is C20H20CaN2O4. The number of fused-ring (bicyclic) bond motifs is 2. The molecule has 2 aromatic carbocycles. The minimum absolute atomic E-state index is 0. The molecule has 0 radical (unpaired) electrons. The van der Waals surface area contributed by atoms with Gasteiger partial charge in [0.15, 0.2) is 0 Å². The Morgan fingerprint density at radius 2 is 1.04 bits per heavy atom. The second-order valence-electron chi connectivity index (χ2n) is 6.45. The van der Waals surface area contributed by atoms with E-state index in [2.05, 4.69) is 10.6 Å². The summed E-state index contributed by atoms with van der Waals surface area (Å²) in [6.45, 7) is 1.24. The van der Waals surface area contributed by atoms with E-state index in [1.165, 1.54) is 11.1 Å². The molecule has 2 aliphatic rings. The van der Waals surface area contributed by atoms with Crippen molar-refractivity contribution in [1.29, 1.82) is 0 Å². The Kier molecular flexibility index (Phi) is 8.26. The fourth-order valence-electron chi connectivity index (χ4n) is 3.24. The summed E-state index contributed by atoms with van der Waals surface area (Å²) < 4.78 is 0. The van der Waals surface area contributed by atoms with Gasteiger partial charge in [-0.2, -0.15) is 0 Å². The second kappa shape index (κ2) is 10.2. The molecule has 0 amide bonds. The number of benzene rings is 2. The van der Waals surface area contributed by atoms with Crippen molar-refractivity contribution in [2.24, 2.45) is 0 Å². The van der Waals surface area contributed by atoms with Crippen molar-refractivity contribution in [1.82, 2.24) is 10.6 Å². The predicted molar refractivity (Wildman–Crippen MR) is 97.3 cm³/mol. The topological polar surface area (TPSA) is 104 Å². The van der Waals surface area contributed by atoms with E-state index in [0.717, 1.165) is 11.1 Å². The van der Waals surface area contributed by atoms with Crippen LogP contribution < -0.4 is 20.8 Å². The van der Waals surface area contributed by atoms with Gasteiger partial charge in [-0.1, -0.05) is 48.5 Å². The fraction of sp³-hybridized carbons (Fsp3) is 0.300. The van der Waals surface area contributed by atoms with Crippen LogP contribution in [0.4, 0.5) is 0 Å². The van der Waals surface area contributed by atoms with Crippen LogP contribution in [0.1, 0.15) is 22.3 Å². The molecule has 0 saturated heterocycles. The molecule has 2 unspecified atom stereocenters. The van der Waals surface area contributed by atoms with Gasteiger partial charge < -0.3 is 30.4 Å². The maximum absolute atomic E-state index is 10.6. The van der Waals surface area contributed by atoms with Crippen LogP contribution in [0.3, 0.4) is 0 Å². The zero-order valence-electron chi connectivity index (χ0n) is 14.9. The molecule has 2 atom stereocenters. The number of hydrogen-bond acceptors (Lipinski definition) is 6. The van der Waals surface area contributed by atoms with E-state index in [0.29, 0.717) is 25.9 Å². The maximum atomic E-state index is 10.6. The van der Waals surface area contributed by atoms with Gasteiger partial charge in [-0.15, -0.1) is 0 Å². The van der Waals surface area contributed by atoms with Crippen LogP contribution in [0.5, 0.6) is 0 Å². The van der Waals surface area contributed by atoms with Gasteiger partial charge in [0, 0.05) is 13.1 Å². The quantitative estimate of drug-likeness (QED) is 0.604. The van der Waals surface area contributed by atoms with Gasteiger partial charge in [-0.25, -0.2) is 0 Å². The van der Waals surface area contributed by atoms with Crippen LogP contribution in [0, 0.1) is 0 Å². The van der Waals surface area contributed by atoms with Gasteiger partial charge in [0.1, 0.15) is 0 Å². The molecule has 6 nitrogen and oxygen atoms in total. The summed E-state index contributed by atoms with van der Waals surface area (Å²) >= 11 is 0. The smallest absolute Gasteiger partial charge is 0.548 e. The van der Waals surface area contributed by atoms with Gasteiger partial charge in [-0.05, 0) is 35.1 Å². The standard InChI is InChI=1S/2C10H11NO2.Ca/c2*12-10(13)9-5-7-3-1-2-4-8(7)6-11-9;/h2*1-4,9,11H,5-6H2,(H,12,13);/q;;+2/p-2. The summed E-state index contributed by atoms with van der Waals surface area (Å²) in [7, 11) is 0. The second-order valence-corrected chi connectivity index (χ2v) is 6.45. The first-order valence-corrected chi connectivity index (χ1v) is 8.56. The average molecular weight is 392 g/mol. The molecule has 2 aromatic rings. The molecule has 0 aromatic heterocycles. The van der Waals surface area contributed by atoms with E-state index < -0.39 is 24.0 Å². The average Bonchev–Trinajstić information content (AvgIpc) is 2.67. The largest absolute Gasteiger partial charge is 2.00 e. The van der Waals surface area contributed by atoms with Gasteiger partial charge in [-0.3, -0.25) is 0 Å². The number of aliphatic carboxylic acids is 2. The number of carboxylic acid groups (broad SMARTS) is 2. The Labute approximate surface area is 188 Å². The van der Waals surface area contributed by atoms with Crippen molar-refractivity contribution in [3.8, 4) is 0 Å². The molecule has 2 heterocycles. The summed E-state index contributed by atoms with van der Waals surface area (Å²) in [4.78, 5) is 21.2. The van der Waals surface area contributed by atoms with E-state index in [-0.39, 0.29) is 37.7 Å². The molecule has 0 saturated carbocycles. The van der Waals surface area contributed by atoms with E-state index in [1.54, 1.807) is 0 Å². The summed E-state index contributed by atoms with van der Waals surface area (Å²) in [5.74, 6) is -2.04. The summed E-state index contributed by atoms with van der Waals surface area (Å²) in [5.41, 5.74) is 4.57. The van der Waals surface area contributed by atoms with Crippen LogP contribution >= 0.6 is 0 Å². The molecule has 27 heavy (non-hydrogen) atoms. The zero-order chi connectivity index (χ0) is 18.5. The van der Waals surface area contributed by atoms with E-state index in [4.69, 9.17) is 0 Å². The molecule has 4 rings (SSSR count). The number of hydrogen-bond donors (Lipinski definition) is 2. The van der Waals surface area contributed by atoms with Crippen molar-refractivity contribution in [3.05, 3.63) is 70.8 Å². The Morgan fingerprint density at radius 1 is 0.704 bits per heavy atom. The Balaban J connectivity index is 0.000000187. The third-order valence-electron chi connectivity index (χ3n) is 4.73. The Morgan fingerprint density at radius 3 is 1.37 bits per heavy atom. The molecule has 0 spiro atoms. The van der Waals surface area contributed by atoms with Crippen LogP contribution in [-0.2, 0) is 35.5 Å². The molecule has 136 valence electrons. The zero-order valence-corrected chi connectivity index (χ0v) is 17.2. The van der Waals surface area contributed by atoms with E-state index in [1.807, 2.05) is 48.5 Å². The number of carbonyl (C=O) groups excluding carboxylic acids is 2. The van der Waals surface area contributed by atoms with Crippen molar-refractivity contribution < 1.29 is 19.8 Å². The minimum Gasteiger partial charge on any atom is -0.548 e. The minimum atomic E-state index is -1.02. The van der Waals surface area contributed by atoms with Crippen LogP contribution in [0.25, 0.3) is 0 Å². The molecule has 0 fully saturated rings. The summed E-state index contributed by atoms with van der Waals surface area (Å²) in [6, 6.07) is 14.6. The number of carboxylic acids is 2. The molecule has 2 aliphatic heterocycles. The summed E-state index contributed by atoms with van der Waals surface area (Å²) in [5, 5.41) is 27.0. The van der Waals surface area contributed by atoms with Crippen molar-refractivity contribution >= 4 is 49.7 Å². The molecule has 2 N–H and O–H groups in total. The Hall–Kier alpha value is -1.44. The molecule has 7 heteroatoms. The van der Waals surface area contributed by atoms with Gasteiger partial charge in [0.25, 0.3) is 0 Å². The maximum Gasteiger partial charge on any atom is 2.00 e. The first-order valence-electron chi connectivity index (χ1n) is 8.56. The SMILES string of the molecule is O=C([O-])C1Cc2ccccc2CN1.O=C([O-])C1Cc2ccccc2CN1.[Ca+2]. The van der Waals surface area contributed by atoms with Gasteiger partial charge in [0.05, 0.1) is 24.0 Å². The van der Waals surface area contributed by atoms with Crippen molar-refractivity contribution in [2.75, 3.05) is 0 Å². The molecule has 0 bridgehead atoms. The van der Waals surface area contributed by atoms with Gasteiger partial charge >= 0.3 is 37.7 Å². The molecular weight excluding hydrogens is 372 g/mol. The van der Waals surface area contributed by atoms with Crippen molar-refractivity contribution in [2.45, 2.75) is 38.0 Å². The summed E-state index contributed by atoms with van der Waals surface area (Å²) in [6.07, 6.45) is 1.05. The monoisotopic (exact) mass is 392 g/mol. The molecule has 0 aliphatic carbocycles. The van der Waals surface area contributed by atoms with E-state index in [9.17, 15) is 19.8 Å². The Bertz CT molecular complexity index is 745. The van der Waals surface area contributed by atoms with Crippen LogP contribution in [0.2, 0.25) is 0 Å². The fourth-order valence-corrected chi connectivity index (χ4v) is 3.24. The first-order chi connectivity index (χ1) is 12.5. The van der Waals surface area contributed by atoms with Crippen LogP contribution in [0.15, 0.2) is 48.5 Å². The van der Waals surface area contributed by atoms with E-state index >= 15 is 0 Å². The normalized spacial score (nSPS) is 20.0. The van der Waals surface area contributed by atoms with Crippen LogP contribution in [-0.4, -0.2) is 61.8 Å². The third kappa shape index (κ3) is 5.77. The predicted octanol–water partition coefficient (Wildman–Crippen LogP) is -1.48. The number of carbonyl (C=O) groups is 2. The van der Waals surface area contributed by atoms with Crippen molar-refractivity contribution in [3.63, 3.8) is 0 Å². The third-order valence-corrected chi connectivity index (χ3v) is 4.73. The number of rotatable bonds is 2. The van der Waals surface area contributed by atoms with Gasteiger partial charge in [0.2, 0.25) is 0 Å². The first kappa shape index (κ1) is 21.9. The number of nitrogens with one attached hydrogen (secondary N) is 2.